The van der Waals surface area contributed by atoms with Crippen LogP contribution in [0.3, 0.4) is 0 Å². The topological polar surface area (TPSA) is 0 Å². The molecular weight excluding hydrogens is 284 g/mol. The summed E-state index contributed by atoms with van der Waals surface area (Å²) in [6.07, 6.45) is 0. The minimum Gasteiger partial charge on any atom is -0.0894 e. The second-order valence-corrected chi connectivity index (χ2v) is 13.1. The molecule has 0 aromatic rings. The van der Waals surface area contributed by atoms with Crippen molar-refractivity contribution in [1.29, 1.82) is 0 Å². The van der Waals surface area contributed by atoms with Gasteiger partial charge in [-0.2, -0.15) is 0 Å². The van der Waals surface area contributed by atoms with Crippen molar-refractivity contribution < 1.29 is 8.22 Å². The molecule has 0 aliphatic heterocycles. The molecule has 0 aromatic heterocycles. The first-order chi connectivity index (χ1) is 7.00. The zero-order chi connectivity index (χ0) is 14.5. The fourth-order valence-corrected chi connectivity index (χ4v) is 5.89. The number of rotatable bonds is 2. The van der Waals surface area contributed by atoms with E-state index in [0.717, 1.165) is 0 Å². The third kappa shape index (κ3) is 2.56. The second-order valence-electron chi connectivity index (χ2n) is 3.69. The molecule has 0 radical (unpaired) electrons. The van der Waals surface area contributed by atoms with Crippen molar-refractivity contribution in [3.63, 3.8) is 0 Å². The molecule has 0 nitrogen and oxygen atoms in total. The minimum atomic E-state index is -3.77. The SMILES string of the molecule is [2H]C([2H])([2H])[Si](C([2H])([2H])[2H])(C(C)(C)Br)C(C)(C)Br. The van der Waals surface area contributed by atoms with Gasteiger partial charge < -0.3 is 0 Å². The fraction of sp³-hybridized carbons (Fsp3) is 1.00. The van der Waals surface area contributed by atoms with Gasteiger partial charge in [-0.3, -0.25) is 0 Å². The summed E-state index contributed by atoms with van der Waals surface area (Å²) in [5.74, 6) is 0. The first-order valence-electron chi connectivity index (χ1n) is 6.38. The van der Waals surface area contributed by atoms with Crippen molar-refractivity contribution in [2.24, 2.45) is 0 Å². The van der Waals surface area contributed by atoms with Gasteiger partial charge in [0.25, 0.3) is 0 Å². The predicted octanol–water partition coefficient (Wildman–Crippen LogP) is 4.12. The quantitative estimate of drug-likeness (QED) is 0.532. The molecule has 0 atom stereocenters. The fourth-order valence-electron chi connectivity index (χ4n) is 0.707. The van der Waals surface area contributed by atoms with Crippen LogP contribution in [0.25, 0.3) is 0 Å². The molecule has 0 saturated carbocycles. The summed E-state index contributed by atoms with van der Waals surface area (Å²) in [4.78, 5) is 0. The predicted molar refractivity (Wildman–Crippen MR) is 63.5 cm³/mol. The zero-order valence-corrected chi connectivity index (χ0v) is 11.4. The van der Waals surface area contributed by atoms with Gasteiger partial charge in [-0.25, -0.2) is 0 Å². The lowest BCUT2D eigenvalue weighted by Gasteiger charge is -2.44. The maximum atomic E-state index is 7.78. The molecule has 0 unspecified atom stereocenters. The Morgan fingerprint density at radius 2 is 1.27 bits per heavy atom. The summed E-state index contributed by atoms with van der Waals surface area (Å²) >= 11 is 6.64. The maximum absolute atomic E-state index is 7.78. The third-order valence-corrected chi connectivity index (χ3v) is 8.92. The van der Waals surface area contributed by atoms with E-state index in [2.05, 4.69) is 31.9 Å². The molecule has 0 aliphatic carbocycles. The summed E-state index contributed by atoms with van der Waals surface area (Å²) in [6, 6.07) is 0. The van der Waals surface area contributed by atoms with Crippen LogP contribution in [0, 0.1) is 0 Å². The second kappa shape index (κ2) is 3.15. The summed E-state index contributed by atoms with van der Waals surface area (Å²) in [5.41, 5.74) is 0. The van der Waals surface area contributed by atoms with Gasteiger partial charge in [0.15, 0.2) is 0 Å². The summed E-state index contributed by atoms with van der Waals surface area (Å²) in [6.45, 7) is 1.56. The smallest absolute Gasteiger partial charge is 0.0835 e. The minimum absolute atomic E-state index is 0.955. The van der Waals surface area contributed by atoms with Gasteiger partial charge in [-0.05, 0) is 0 Å². The number of hydrogen-bond acceptors (Lipinski definition) is 0. The largest absolute Gasteiger partial charge is 0.0894 e. The molecule has 3 heteroatoms. The Morgan fingerprint density at radius 3 is 1.27 bits per heavy atom. The average Bonchev–Trinajstić information content (AvgIpc) is 1.67. The van der Waals surface area contributed by atoms with Crippen LogP contribution in [0.4, 0.5) is 0 Å². The van der Waals surface area contributed by atoms with Crippen molar-refractivity contribution in [1.82, 2.24) is 0 Å². The summed E-state index contributed by atoms with van der Waals surface area (Å²) < 4.78 is 44.8. The summed E-state index contributed by atoms with van der Waals surface area (Å²) in [5, 5.41) is 0. The molecule has 0 bridgehead atoms. The lowest BCUT2D eigenvalue weighted by Crippen LogP contribution is -2.58. The van der Waals surface area contributed by atoms with E-state index >= 15 is 0 Å². The van der Waals surface area contributed by atoms with E-state index in [1.54, 1.807) is 27.7 Å². The standard InChI is InChI=1S/C8H18Br2Si/c1-7(2,9)11(5,6)8(3,4)10/h1-6H3/i5D3,6D3. The van der Waals surface area contributed by atoms with Gasteiger partial charge in [-0.1, -0.05) is 72.5 Å². The molecule has 11 heavy (non-hydrogen) atoms. The Kier molecular flexibility index (Phi) is 1.48. The van der Waals surface area contributed by atoms with E-state index in [9.17, 15) is 0 Å². The van der Waals surface area contributed by atoms with Crippen molar-refractivity contribution in [3.05, 3.63) is 0 Å². The van der Waals surface area contributed by atoms with Crippen LogP contribution in [-0.2, 0) is 0 Å². The Hall–Kier alpha value is 1.18. The van der Waals surface area contributed by atoms with Crippen LogP contribution in [0.2, 0.25) is 13.0 Å². The van der Waals surface area contributed by atoms with Gasteiger partial charge >= 0.3 is 0 Å². The third-order valence-electron chi connectivity index (χ3n) is 1.78. The van der Waals surface area contributed by atoms with Gasteiger partial charge in [0.2, 0.25) is 0 Å². The van der Waals surface area contributed by atoms with Crippen LogP contribution in [0.15, 0.2) is 0 Å². The highest BCUT2D eigenvalue weighted by atomic mass is 79.9. The Bertz CT molecular complexity index is 221. The molecule has 0 fully saturated rings. The van der Waals surface area contributed by atoms with Crippen molar-refractivity contribution >= 4 is 39.9 Å². The molecule has 0 aliphatic rings. The van der Waals surface area contributed by atoms with Crippen molar-refractivity contribution in [2.45, 2.75) is 48.5 Å². The lowest BCUT2D eigenvalue weighted by atomic mass is 10.5. The molecule has 0 spiro atoms. The molecule has 0 aromatic carbocycles. The van der Waals surface area contributed by atoms with Gasteiger partial charge in [0.1, 0.15) is 0 Å². The zero-order valence-electron chi connectivity index (χ0n) is 13.3. The molecule has 0 N–H and O–H groups in total. The highest BCUT2D eigenvalue weighted by Crippen LogP contribution is 2.41. The highest BCUT2D eigenvalue weighted by Gasteiger charge is 2.47. The molecule has 68 valence electrons. The van der Waals surface area contributed by atoms with Gasteiger partial charge in [0, 0.05) is 16.1 Å². The molecule has 0 amide bonds. The van der Waals surface area contributed by atoms with Gasteiger partial charge in [0.05, 0.1) is 8.07 Å². The van der Waals surface area contributed by atoms with Crippen molar-refractivity contribution in [3.8, 4) is 0 Å². The van der Waals surface area contributed by atoms with Gasteiger partial charge in [-0.15, -0.1) is 0 Å². The normalized spacial score (nSPS) is 25.6. The van der Waals surface area contributed by atoms with E-state index in [4.69, 9.17) is 8.22 Å². The first-order valence-corrected chi connectivity index (χ1v) is 6.96. The van der Waals surface area contributed by atoms with E-state index in [1.807, 2.05) is 0 Å². The highest BCUT2D eigenvalue weighted by molar-refractivity contribution is 9.11. The monoisotopic (exact) mass is 306 g/mol. The van der Waals surface area contributed by atoms with Crippen LogP contribution >= 0.6 is 31.9 Å². The Morgan fingerprint density at radius 1 is 1.00 bits per heavy atom. The molecule has 0 heterocycles. The van der Waals surface area contributed by atoms with E-state index < -0.39 is 28.9 Å². The first kappa shape index (κ1) is 5.16. The van der Waals surface area contributed by atoms with Crippen LogP contribution < -0.4 is 0 Å². The van der Waals surface area contributed by atoms with E-state index in [1.165, 1.54) is 0 Å². The van der Waals surface area contributed by atoms with Crippen molar-refractivity contribution in [2.75, 3.05) is 0 Å². The number of alkyl halides is 2. The maximum Gasteiger partial charge on any atom is 0.0835 e. The molecular formula is C8H18Br2Si. The van der Waals surface area contributed by atoms with E-state index in [0.29, 0.717) is 0 Å². The molecule has 0 saturated heterocycles. The number of hydrogen-bond donors (Lipinski definition) is 0. The lowest BCUT2D eigenvalue weighted by molar-refractivity contribution is 0.863. The summed E-state index contributed by atoms with van der Waals surface area (Å²) in [7, 11) is -3.77. The van der Waals surface area contributed by atoms with E-state index in [-0.39, 0.29) is 0 Å². The molecule has 0 rings (SSSR count). The van der Waals surface area contributed by atoms with Crippen LogP contribution in [-0.4, -0.2) is 16.0 Å². The average molecular weight is 308 g/mol. The Labute approximate surface area is 96.8 Å². The Balaban J connectivity index is 6.37. The number of halogens is 2. The van der Waals surface area contributed by atoms with Crippen LogP contribution in [0.5, 0.6) is 0 Å². The van der Waals surface area contributed by atoms with Crippen LogP contribution in [0.1, 0.15) is 35.9 Å².